The Kier molecular flexibility index (Phi) is 6.00. The lowest BCUT2D eigenvalue weighted by molar-refractivity contribution is -0.274. The number of carbonyl (C=O) groups excluding carboxylic acids is 1. The van der Waals surface area contributed by atoms with Crippen LogP contribution in [0.25, 0.3) is 0 Å². The quantitative estimate of drug-likeness (QED) is 0.804. The van der Waals surface area contributed by atoms with Gasteiger partial charge in [0.2, 0.25) is 5.91 Å². The molecule has 0 spiro atoms. The first-order valence-corrected chi connectivity index (χ1v) is 6.95. The molecule has 23 heavy (non-hydrogen) atoms. The molecule has 0 saturated heterocycles. The smallest absolute Gasteiger partial charge is 0.480 e. The van der Waals surface area contributed by atoms with Crippen LogP contribution in [-0.2, 0) is 16.0 Å². The summed E-state index contributed by atoms with van der Waals surface area (Å²) in [6.07, 6.45) is -4.79. The highest BCUT2D eigenvalue weighted by Gasteiger charge is 2.33. The van der Waals surface area contributed by atoms with Crippen LogP contribution in [-0.4, -0.2) is 28.9 Å². The molecule has 0 aliphatic rings. The first kappa shape index (κ1) is 18.8. The van der Waals surface area contributed by atoms with Crippen molar-refractivity contribution in [2.75, 3.05) is 0 Å². The normalized spacial score (nSPS) is 14.0. The maximum absolute atomic E-state index is 12.3. The molecule has 0 aromatic heterocycles. The van der Waals surface area contributed by atoms with Crippen molar-refractivity contribution in [3.63, 3.8) is 0 Å². The third kappa shape index (κ3) is 5.80. The van der Waals surface area contributed by atoms with Crippen molar-refractivity contribution in [2.24, 2.45) is 0 Å². The van der Waals surface area contributed by atoms with E-state index in [0.29, 0.717) is 0 Å². The van der Waals surface area contributed by atoms with E-state index in [4.69, 9.17) is 5.11 Å². The summed E-state index contributed by atoms with van der Waals surface area (Å²) in [5, 5.41) is 11.5. The van der Waals surface area contributed by atoms with Gasteiger partial charge >= 0.3 is 12.3 Å². The van der Waals surface area contributed by atoms with E-state index < -0.39 is 23.8 Å². The molecule has 0 saturated carbocycles. The monoisotopic (exact) mass is 333 g/mol. The van der Waals surface area contributed by atoms with Gasteiger partial charge in [-0.15, -0.1) is 13.2 Å². The molecule has 1 unspecified atom stereocenters. The maximum atomic E-state index is 12.3. The van der Waals surface area contributed by atoms with Gasteiger partial charge in [0.25, 0.3) is 0 Å². The largest absolute Gasteiger partial charge is 0.573 e. The summed E-state index contributed by atoms with van der Waals surface area (Å²) in [7, 11) is 0. The molecule has 0 heterocycles. The van der Waals surface area contributed by atoms with Crippen LogP contribution in [0.15, 0.2) is 24.3 Å². The summed E-state index contributed by atoms with van der Waals surface area (Å²) in [4.78, 5) is 23.0. The van der Waals surface area contributed by atoms with Crippen LogP contribution in [0.3, 0.4) is 0 Å². The van der Waals surface area contributed by atoms with E-state index in [2.05, 4.69) is 10.1 Å². The summed E-state index contributed by atoms with van der Waals surface area (Å²) in [6, 6.07) is 5.51. The molecular weight excluding hydrogens is 315 g/mol. The summed E-state index contributed by atoms with van der Waals surface area (Å²) < 4.78 is 40.8. The lowest BCUT2D eigenvalue weighted by Gasteiger charge is -2.24. The molecule has 1 amide bonds. The van der Waals surface area contributed by atoms with Crippen molar-refractivity contribution in [3.05, 3.63) is 29.8 Å². The molecule has 1 aromatic carbocycles. The Hall–Kier alpha value is -2.25. The number of amides is 1. The van der Waals surface area contributed by atoms with Crippen LogP contribution in [0.2, 0.25) is 0 Å². The fourth-order valence-electron chi connectivity index (χ4n) is 1.85. The van der Waals surface area contributed by atoms with E-state index in [-0.39, 0.29) is 30.6 Å². The number of aliphatic carboxylic acids is 1. The molecule has 1 atom stereocenters. The van der Waals surface area contributed by atoms with Crippen molar-refractivity contribution in [3.8, 4) is 5.75 Å². The van der Waals surface area contributed by atoms with E-state index in [9.17, 15) is 22.8 Å². The van der Waals surface area contributed by atoms with Crippen molar-refractivity contribution >= 4 is 11.9 Å². The van der Waals surface area contributed by atoms with Crippen LogP contribution in [0.1, 0.15) is 32.3 Å². The Labute approximate surface area is 131 Å². The minimum absolute atomic E-state index is 0.00248. The Balaban J connectivity index is 2.72. The predicted molar refractivity (Wildman–Crippen MR) is 75.9 cm³/mol. The molecule has 5 nitrogen and oxygen atoms in total. The molecular formula is C15H18F3NO4. The van der Waals surface area contributed by atoms with E-state index in [1.807, 2.05) is 0 Å². The predicted octanol–water partition coefficient (Wildman–Crippen LogP) is 2.89. The van der Waals surface area contributed by atoms with E-state index in [1.165, 1.54) is 25.1 Å². The highest BCUT2D eigenvalue weighted by Crippen LogP contribution is 2.27. The lowest BCUT2D eigenvalue weighted by atomic mass is 9.98. The molecule has 0 aliphatic carbocycles. The minimum atomic E-state index is -4.82. The second-order valence-electron chi connectivity index (χ2n) is 5.19. The van der Waals surface area contributed by atoms with Gasteiger partial charge in [0, 0.05) is 6.42 Å². The number of ether oxygens (including phenoxy) is 1. The number of carboxylic acid groups (broad SMARTS) is 1. The van der Waals surface area contributed by atoms with Gasteiger partial charge in [0.05, 0.1) is 0 Å². The van der Waals surface area contributed by atoms with Gasteiger partial charge in [-0.05, 0) is 31.4 Å². The molecule has 0 fully saturated rings. The van der Waals surface area contributed by atoms with Crippen LogP contribution < -0.4 is 10.1 Å². The summed E-state index contributed by atoms with van der Waals surface area (Å²) >= 11 is 0. The Morgan fingerprint density at radius 2 is 1.87 bits per heavy atom. The topological polar surface area (TPSA) is 75.6 Å². The number of carboxylic acids is 1. The van der Waals surface area contributed by atoms with Crippen LogP contribution in [0.4, 0.5) is 13.2 Å². The van der Waals surface area contributed by atoms with Gasteiger partial charge in [-0.2, -0.15) is 0 Å². The van der Waals surface area contributed by atoms with Crippen molar-refractivity contribution in [2.45, 2.75) is 45.0 Å². The van der Waals surface area contributed by atoms with Crippen molar-refractivity contribution in [1.82, 2.24) is 5.32 Å². The summed E-state index contributed by atoms with van der Waals surface area (Å²) in [6.45, 7) is 2.98. The first-order valence-electron chi connectivity index (χ1n) is 6.95. The number of rotatable bonds is 7. The van der Waals surface area contributed by atoms with Gasteiger partial charge < -0.3 is 15.2 Å². The number of alkyl halides is 3. The second kappa shape index (κ2) is 7.34. The molecule has 8 heteroatoms. The Bertz CT molecular complexity index is 574. The van der Waals surface area contributed by atoms with Crippen LogP contribution in [0.5, 0.6) is 5.75 Å². The number of halogens is 3. The fourth-order valence-corrected chi connectivity index (χ4v) is 1.85. The van der Waals surface area contributed by atoms with E-state index in [0.717, 1.165) is 6.07 Å². The number of benzene rings is 1. The molecule has 0 bridgehead atoms. The number of para-hydroxylation sites is 1. The van der Waals surface area contributed by atoms with E-state index >= 15 is 0 Å². The third-order valence-corrected chi connectivity index (χ3v) is 3.41. The van der Waals surface area contributed by atoms with Gasteiger partial charge in [-0.1, -0.05) is 25.1 Å². The van der Waals surface area contributed by atoms with Gasteiger partial charge in [-0.25, -0.2) is 4.79 Å². The molecule has 0 aliphatic heterocycles. The molecule has 1 aromatic rings. The van der Waals surface area contributed by atoms with E-state index in [1.54, 1.807) is 6.92 Å². The molecule has 2 N–H and O–H groups in total. The van der Waals surface area contributed by atoms with Crippen molar-refractivity contribution in [1.29, 1.82) is 0 Å². The molecule has 128 valence electrons. The molecule has 0 radical (unpaired) electrons. The zero-order chi connectivity index (χ0) is 17.7. The number of hydrogen-bond donors (Lipinski definition) is 2. The highest BCUT2D eigenvalue weighted by atomic mass is 19.4. The zero-order valence-corrected chi connectivity index (χ0v) is 12.7. The van der Waals surface area contributed by atoms with Crippen LogP contribution >= 0.6 is 0 Å². The Morgan fingerprint density at radius 1 is 1.26 bits per heavy atom. The first-order chi connectivity index (χ1) is 10.6. The number of nitrogens with one attached hydrogen (secondary N) is 1. The van der Waals surface area contributed by atoms with Crippen LogP contribution in [0, 0.1) is 0 Å². The fraction of sp³-hybridized carbons (Fsp3) is 0.467. The highest BCUT2D eigenvalue weighted by molar-refractivity contribution is 5.86. The SMILES string of the molecule is CCC(C)(NC(=O)CCc1ccccc1OC(F)(F)F)C(=O)O. The second-order valence-corrected chi connectivity index (χ2v) is 5.19. The summed E-state index contributed by atoms with van der Waals surface area (Å²) in [5.41, 5.74) is -1.19. The standard InChI is InChI=1S/C15H18F3NO4/c1-3-14(2,13(21)22)19-12(20)9-8-10-6-4-5-7-11(10)23-15(16,17)18/h4-7H,3,8-9H2,1-2H3,(H,19,20)(H,21,22). The third-order valence-electron chi connectivity index (χ3n) is 3.41. The van der Waals surface area contributed by atoms with Gasteiger partial charge in [-0.3, -0.25) is 4.79 Å². The Morgan fingerprint density at radius 3 is 2.39 bits per heavy atom. The minimum Gasteiger partial charge on any atom is -0.480 e. The lowest BCUT2D eigenvalue weighted by Crippen LogP contribution is -2.51. The van der Waals surface area contributed by atoms with Crippen molar-refractivity contribution < 1.29 is 32.6 Å². The maximum Gasteiger partial charge on any atom is 0.573 e. The number of hydrogen-bond acceptors (Lipinski definition) is 3. The van der Waals surface area contributed by atoms with Gasteiger partial charge in [0.15, 0.2) is 0 Å². The molecule has 1 rings (SSSR count). The average Bonchev–Trinajstić information content (AvgIpc) is 2.44. The zero-order valence-electron chi connectivity index (χ0n) is 12.7. The average molecular weight is 333 g/mol. The summed E-state index contributed by atoms with van der Waals surface area (Å²) in [5.74, 6) is -2.10. The number of aryl methyl sites for hydroxylation is 1. The van der Waals surface area contributed by atoms with Gasteiger partial charge in [0.1, 0.15) is 11.3 Å². The number of carbonyl (C=O) groups is 2.